The van der Waals surface area contributed by atoms with Gasteiger partial charge in [-0.3, -0.25) is 0 Å². The molecule has 0 fully saturated rings. The summed E-state index contributed by atoms with van der Waals surface area (Å²) in [5.74, 6) is 0. The summed E-state index contributed by atoms with van der Waals surface area (Å²) in [6.45, 7) is 0. The Bertz CT molecular complexity index is 463. The highest BCUT2D eigenvalue weighted by atomic mass is 35.5. The zero-order valence-electron chi connectivity index (χ0n) is 6.52. The van der Waals surface area contributed by atoms with E-state index < -0.39 is 0 Å². The smallest absolute Gasteiger partial charge is 0.0685 e. The molecule has 0 aliphatic carbocycles. The SMILES string of the molecule is Clc1ccc2cccc(Cl)c2c1Cl. The molecule has 0 aromatic heterocycles. The summed E-state index contributed by atoms with van der Waals surface area (Å²) < 4.78 is 0. The van der Waals surface area contributed by atoms with Gasteiger partial charge in [0, 0.05) is 10.4 Å². The Kier molecular flexibility index (Phi) is 2.37. The predicted octanol–water partition coefficient (Wildman–Crippen LogP) is 4.80. The molecular weight excluding hydrogens is 226 g/mol. The number of hydrogen-bond acceptors (Lipinski definition) is 0. The Hall–Kier alpha value is -0.430. The number of fused-ring (bicyclic) bond motifs is 1. The Labute approximate surface area is 91.0 Å². The lowest BCUT2D eigenvalue weighted by Crippen LogP contribution is -1.76. The van der Waals surface area contributed by atoms with Crippen molar-refractivity contribution in [3.63, 3.8) is 0 Å². The van der Waals surface area contributed by atoms with Crippen LogP contribution in [0.4, 0.5) is 0 Å². The van der Waals surface area contributed by atoms with Crippen molar-refractivity contribution in [1.82, 2.24) is 0 Å². The van der Waals surface area contributed by atoms with Gasteiger partial charge < -0.3 is 0 Å². The van der Waals surface area contributed by atoms with Gasteiger partial charge in [-0.1, -0.05) is 53.0 Å². The monoisotopic (exact) mass is 230 g/mol. The highest BCUT2D eigenvalue weighted by molar-refractivity contribution is 6.48. The highest BCUT2D eigenvalue weighted by Crippen LogP contribution is 2.34. The van der Waals surface area contributed by atoms with Gasteiger partial charge in [0.15, 0.2) is 0 Å². The van der Waals surface area contributed by atoms with E-state index in [-0.39, 0.29) is 0 Å². The minimum atomic E-state index is 0.518. The van der Waals surface area contributed by atoms with Crippen LogP contribution in [0.3, 0.4) is 0 Å². The van der Waals surface area contributed by atoms with Crippen LogP contribution in [0.25, 0.3) is 10.8 Å². The van der Waals surface area contributed by atoms with Crippen molar-refractivity contribution >= 4 is 45.6 Å². The van der Waals surface area contributed by atoms with Gasteiger partial charge in [-0.05, 0) is 17.5 Å². The van der Waals surface area contributed by atoms with Crippen LogP contribution in [0.5, 0.6) is 0 Å². The van der Waals surface area contributed by atoms with Crippen molar-refractivity contribution in [2.45, 2.75) is 0 Å². The maximum atomic E-state index is 6.01. The molecule has 0 heterocycles. The summed E-state index contributed by atoms with van der Waals surface area (Å²) in [6, 6.07) is 9.29. The second-order valence-corrected chi connectivity index (χ2v) is 3.89. The van der Waals surface area contributed by atoms with E-state index in [1.165, 1.54) is 0 Å². The lowest BCUT2D eigenvalue weighted by atomic mass is 10.1. The van der Waals surface area contributed by atoms with Crippen molar-refractivity contribution in [3.8, 4) is 0 Å². The van der Waals surface area contributed by atoms with Crippen molar-refractivity contribution in [2.24, 2.45) is 0 Å². The molecule has 2 aromatic rings. The van der Waals surface area contributed by atoms with Gasteiger partial charge in [0.1, 0.15) is 0 Å². The Morgan fingerprint density at radius 1 is 0.769 bits per heavy atom. The molecule has 2 aromatic carbocycles. The predicted molar refractivity (Wildman–Crippen MR) is 59.0 cm³/mol. The summed E-state index contributed by atoms with van der Waals surface area (Å²) in [4.78, 5) is 0. The van der Waals surface area contributed by atoms with Crippen LogP contribution < -0.4 is 0 Å². The van der Waals surface area contributed by atoms with Gasteiger partial charge in [-0.25, -0.2) is 0 Å². The minimum absolute atomic E-state index is 0.518. The first kappa shape index (κ1) is 9.14. The zero-order valence-corrected chi connectivity index (χ0v) is 8.79. The first-order valence-electron chi connectivity index (χ1n) is 3.72. The number of benzene rings is 2. The molecule has 0 radical (unpaired) electrons. The standard InChI is InChI=1S/C10H5Cl3/c11-7-3-1-2-6-4-5-8(12)10(13)9(6)7/h1-5H. The zero-order chi connectivity index (χ0) is 9.42. The van der Waals surface area contributed by atoms with Crippen molar-refractivity contribution in [2.75, 3.05) is 0 Å². The Morgan fingerprint density at radius 2 is 1.54 bits per heavy atom. The van der Waals surface area contributed by atoms with E-state index in [0.717, 1.165) is 10.8 Å². The third kappa shape index (κ3) is 1.50. The molecule has 0 N–H and O–H groups in total. The number of halogens is 3. The van der Waals surface area contributed by atoms with Gasteiger partial charge >= 0.3 is 0 Å². The van der Waals surface area contributed by atoms with Crippen LogP contribution in [0.15, 0.2) is 30.3 Å². The topological polar surface area (TPSA) is 0 Å². The minimum Gasteiger partial charge on any atom is -0.0836 e. The van der Waals surface area contributed by atoms with Crippen LogP contribution in [-0.4, -0.2) is 0 Å². The lowest BCUT2D eigenvalue weighted by molar-refractivity contribution is 1.74. The number of hydrogen-bond donors (Lipinski definition) is 0. The second-order valence-electron chi connectivity index (χ2n) is 2.70. The molecule has 0 nitrogen and oxygen atoms in total. The average molecular weight is 232 g/mol. The van der Waals surface area contributed by atoms with E-state index in [2.05, 4.69) is 0 Å². The number of rotatable bonds is 0. The van der Waals surface area contributed by atoms with E-state index in [9.17, 15) is 0 Å². The molecule has 0 bridgehead atoms. The second kappa shape index (κ2) is 3.38. The molecule has 3 heteroatoms. The molecule has 2 rings (SSSR count). The molecule has 0 amide bonds. The van der Waals surface area contributed by atoms with Crippen LogP contribution in [0, 0.1) is 0 Å². The third-order valence-electron chi connectivity index (χ3n) is 1.88. The lowest BCUT2D eigenvalue weighted by Gasteiger charge is -2.03. The molecular formula is C10H5Cl3. The molecule has 0 atom stereocenters. The van der Waals surface area contributed by atoms with Crippen LogP contribution in [0.1, 0.15) is 0 Å². The van der Waals surface area contributed by atoms with E-state index in [1.54, 1.807) is 12.1 Å². The molecule has 0 spiro atoms. The van der Waals surface area contributed by atoms with Gasteiger partial charge in [-0.2, -0.15) is 0 Å². The van der Waals surface area contributed by atoms with E-state index in [1.807, 2.05) is 18.2 Å². The Balaban J connectivity index is 2.97. The first-order chi connectivity index (χ1) is 6.20. The van der Waals surface area contributed by atoms with Crippen LogP contribution in [-0.2, 0) is 0 Å². The highest BCUT2D eigenvalue weighted by Gasteiger charge is 2.06. The van der Waals surface area contributed by atoms with Gasteiger partial charge in [-0.15, -0.1) is 0 Å². The quantitative estimate of drug-likeness (QED) is 0.611. The average Bonchev–Trinajstić information content (AvgIpc) is 2.12. The Morgan fingerprint density at radius 3 is 2.31 bits per heavy atom. The van der Waals surface area contributed by atoms with Crippen LogP contribution >= 0.6 is 34.8 Å². The fraction of sp³-hybridized carbons (Fsp3) is 0. The van der Waals surface area contributed by atoms with Crippen molar-refractivity contribution in [3.05, 3.63) is 45.4 Å². The maximum Gasteiger partial charge on any atom is 0.0685 e. The molecule has 13 heavy (non-hydrogen) atoms. The van der Waals surface area contributed by atoms with E-state index in [4.69, 9.17) is 34.8 Å². The van der Waals surface area contributed by atoms with Gasteiger partial charge in [0.05, 0.1) is 10.0 Å². The van der Waals surface area contributed by atoms with E-state index >= 15 is 0 Å². The fourth-order valence-corrected chi connectivity index (χ4v) is 2.02. The first-order valence-corrected chi connectivity index (χ1v) is 4.86. The normalized spacial score (nSPS) is 10.7. The summed E-state index contributed by atoms with van der Waals surface area (Å²) >= 11 is 17.9. The van der Waals surface area contributed by atoms with Gasteiger partial charge in [0.25, 0.3) is 0 Å². The van der Waals surface area contributed by atoms with Gasteiger partial charge in [0.2, 0.25) is 0 Å². The maximum absolute atomic E-state index is 6.01. The largest absolute Gasteiger partial charge is 0.0836 e. The van der Waals surface area contributed by atoms with Crippen molar-refractivity contribution < 1.29 is 0 Å². The molecule has 0 aliphatic heterocycles. The van der Waals surface area contributed by atoms with Crippen LogP contribution in [0.2, 0.25) is 15.1 Å². The van der Waals surface area contributed by atoms with Crippen molar-refractivity contribution in [1.29, 1.82) is 0 Å². The summed E-state index contributed by atoms with van der Waals surface area (Å²) in [7, 11) is 0. The summed E-state index contributed by atoms with van der Waals surface area (Å²) in [5, 5.41) is 3.50. The molecule has 0 aliphatic rings. The van der Waals surface area contributed by atoms with E-state index in [0.29, 0.717) is 15.1 Å². The fourth-order valence-electron chi connectivity index (χ4n) is 1.27. The third-order valence-corrected chi connectivity index (χ3v) is 3.00. The summed E-state index contributed by atoms with van der Waals surface area (Å²) in [6.07, 6.45) is 0. The summed E-state index contributed by atoms with van der Waals surface area (Å²) in [5.41, 5.74) is 0. The molecule has 0 saturated heterocycles. The molecule has 0 unspecified atom stereocenters. The molecule has 66 valence electrons. The molecule has 0 saturated carbocycles.